The molecule has 0 radical (unpaired) electrons. The van der Waals surface area contributed by atoms with Crippen LogP contribution in [0, 0.1) is 11.3 Å². The monoisotopic (exact) mass is 321 g/mol. The molecule has 1 N–H and O–H groups in total. The predicted octanol–water partition coefficient (Wildman–Crippen LogP) is 2.17. The molecule has 0 bridgehead atoms. The summed E-state index contributed by atoms with van der Waals surface area (Å²) in [5.74, 6) is 0. The Bertz CT molecular complexity index is 584. The molecular formula is C11H13Cl2N3O2S. The quantitative estimate of drug-likeness (QED) is 0.872. The van der Waals surface area contributed by atoms with E-state index in [2.05, 4.69) is 4.72 Å². The van der Waals surface area contributed by atoms with Crippen LogP contribution in [-0.2, 0) is 16.8 Å². The van der Waals surface area contributed by atoms with Crippen LogP contribution in [0.3, 0.4) is 0 Å². The average molecular weight is 322 g/mol. The van der Waals surface area contributed by atoms with Crippen molar-refractivity contribution in [1.82, 2.24) is 9.03 Å². The maximum Gasteiger partial charge on any atom is 0.279 e. The molecule has 0 atom stereocenters. The minimum absolute atomic E-state index is 0.0647. The second-order valence-corrected chi connectivity index (χ2v) is 6.50. The first-order valence-electron chi connectivity index (χ1n) is 5.38. The Morgan fingerprint density at radius 2 is 2.11 bits per heavy atom. The van der Waals surface area contributed by atoms with E-state index in [0.717, 1.165) is 4.31 Å². The van der Waals surface area contributed by atoms with E-state index in [1.807, 2.05) is 6.07 Å². The van der Waals surface area contributed by atoms with Crippen molar-refractivity contribution in [1.29, 1.82) is 5.26 Å². The molecular weight excluding hydrogens is 309 g/mol. The van der Waals surface area contributed by atoms with Crippen LogP contribution in [0.5, 0.6) is 0 Å². The highest BCUT2D eigenvalue weighted by molar-refractivity contribution is 7.87. The van der Waals surface area contributed by atoms with Crippen molar-refractivity contribution in [3.63, 3.8) is 0 Å². The van der Waals surface area contributed by atoms with Crippen molar-refractivity contribution in [2.24, 2.45) is 0 Å². The van der Waals surface area contributed by atoms with E-state index in [9.17, 15) is 8.42 Å². The van der Waals surface area contributed by atoms with Gasteiger partial charge in [0.2, 0.25) is 0 Å². The number of nitrogens with zero attached hydrogens (tertiary/aromatic N) is 2. The van der Waals surface area contributed by atoms with Crippen LogP contribution in [0.25, 0.3) is 0 Å². The molecule has 0 aliphatic carbocycles. The third-order valence-electron chi connectivity index (χ3n) is 2.41. The number of halogens is 2. The molecule has 104 valence electrons. The molecule has 0 spiro atoms. The summed E-state index contributed by atoms with van der Waals surface area (Å²) in [6, 6.07) is 6.73. The summed E-state index contributed by atoms with van der Waals surface area (Å²) in [5.41, 5.74) is 0.628. The second-order valence-electron chi connectivity index (χ2n) is 3.79. The van der Waals surface area contributed by atoms with Crippen LogP contribution >= 0.6 is 23.2 Å². The average Bonchev–Trinajstić information content (AvgIpc) is 2.34. The van der Waals surface area contributed by atoms with Crippen molar-refractivity contribution in [2.75, 3.05) is 13.6 Å². The van der Waals surface area contributed by atoms with Gasteiger partial charge in [0.05, 0.1) is 6.07 Å². The lowest BCUT2D eigenvalue weighted by molar-refractivity contribution is 0.464. The van der Waals surface area contributed by atoms with E-state index in [0.29, 0.717) is 15.6 Å². The molecule has 0 aliphatic heterocycles. The molecule has 0 heterocycles. The van der Waals surface area contributed by atoms with Gasteiger partial charge in [-0.2, -0.15) is 22.7 Å². The number of hydrogen-bond donors (Lipinski definition) is 1. The number of benzene rings is 1. The Hall–Kier alpha value is -0.840. The standard InChI is InChI=1S/C11H13Cl2N3O2S/c1-16(6-2-5-14)19(17,18)15-8-9-3-4-10(12)7-11(9)13/h3-4,7,15H,2,6,8H2,1H3. The normalized spacial score (nSPS) is 11.5. The SMILES string of the molecule is CN(CCC#N)S(=O)(=O)NCc1ccc(Cl)cc1Cl. The van der Waals surface area contributed by atoms with Gasteiger partial charge in [0.25, 0.3) is 10.2 Å². The van der Waals surface area contributed by atoms with Crippen molar-refractivity contribution < 1.29 is 8.42 Å². The van der Waals surface area contributed by atoms with Gasteiger partial charge in [-0.25, -0.2) is 0 Å². The van der Waals surface area contributed by atoms with Gasteiger partial charge in [-0.05, 0) is 17.7 Å². The van der Waals surface area contributed by atoms with Crippen molar-refractivity contribution in [2.45, 2.75) is 13.0 Å². The van der Waals surface area contributed by atoms with E-state index in [1.54, 1.807) is 18.2 Å². The van der Waals surface area contributed by atoms with Gasteiger partial charge < -0.3 is 0 Å². The minimum atomic E-state index is -3.62. The Morgan fingerprint density at radius 1 is 1.42 bits per heavy atom. The van der Waals surface area contributed by atoms with Crippen molar-refractivity contribution in [3.8, 4) is 6.07 Å². The molecule has 19 heavy (non-hydrogen) atoms. The first kappa shape index (κ1) is 16.2. The maximum absolute atomic E-state index is 11.8. The van der Waals surface area contributed by atoms with Crippen LogP contribution in [0.4, 0.5) is 0 Å². The van der Waals surface area contributed by atoms with Gasteiger partial charge in [0.1, 0.15) is 0 Å². The van der Waals surface area contributed by atoms with E-state index in [4.69, 9.17) is 28.5 Å². The molecule has 8 heteroatoms. The zero-order valence-corrected chi connectivity index (χ0v) is 12.6. The van der Waals surface area contributed by atoms with Gasteiger partial charge in [0.15, 0.2) is 0 Å². The Balaban J connectivity index is 2.67. The molecule has 1 aromatic rings. The molecule has 0 fully saturated rings. The van der Waals surface area contributed by atoms with Crippen molar-refractivity contribution >= 4 is 33.4 Å². The van der Waals surface area contributed by atoms with Crippen LogP contribution < -0.4 is 4.72 Å². The van der Waals surface area contributed by atoms with Crippen LogP contribution in [0.1, 0.15) is 12.0 Å². The van der Waals surface area contributed by atoms with Gasteiger partial charge in [0, 0.05) is 36.6 Å². The third-order valence-corrected chi connectivity index (χ3v) is 4.51. The fourth-order valence-corrected chi connectivity index (χ4v) is 2.64. The topological polar surface area (TPSA) is 73.2 Å². The summed E-state index contributed by atoms with van der Waals surface area (Å²) in [6.45, 7) is 0.204. The third kappa shape index (κ3) is 4.97. The molecule has 0 unspecified atom stereocenters. The smallest absolute Gasteiger partial charge is 0.198 e. The molecule has 0 aliphatic rings. The van der Waals surface area contributed by atoms with Gasteiger partial charge in [-0.1, -0.05) is 29.3 Å². The summed E-state index contributed by atoms with van der Waals surface area (Å²) < 4.78 is 27.1. The van der Waals surface area contributed by atoms with Gasteiger partial charge in [-0.3, -0.25) is 0 Å². The van der Waals surface area contributed by atoms with E-state index >= 15 is 0 Å². The Kier molecular flexibility index (Phi) is 6.04. The molecule has 0 saturated carbocycles. The van der Waals surface area contributed by atoms with Gasteiger partial charge >= 0.3 is 0 Å². The molecule has 0 amide bonds. The number of hydrogen-bond acceptors (Lipinski definition) is 3. The highest BCUT2D eigenvalue weighted by atomic mass is 35.5. The second kappa shape index (κ2) is 7.08. The predicted molar refractivity (Wildman–Crippen MR) is 75.1 cm³/mol. The fraction of sp³-hybridized carbons (Fsp3) is 0.364. The van der Waals surface area contributed by atoms with E-state index in [-0.39, 0.29) is 19.5 Å². The number of rotatable bonds is 6. The van der Waals surface area contributed by atoms with E-state index < -0.39 is 10.2 Å². The molecule has 5 nitrogen and oxygen atoms in total. The van der Waals surface area contributed by atoms with Crippen molar-refractivity contribution in [3.05, 3.63) is 33.8 Å². The summed E-state index contributed by atoms with van der Waals surface area (Å²) in [6.07, 6.45) is 0.138. The van der Waals surface area contributed by atoms with Gasteiger partial charge in [-0.15, -0.1) is 0 Å². The number of nitrogens with one attached hydrogen (secondary N) is 1. The first-order valence-corrected chi connectivity index (χ1v) is 7.58. The molecule has 0 aromatic heterocycles. The lowest BCUT2D eigenvalue weighted by Gasteiger charge is -2.16. The molecule has 1 rings (SSSR count). The van der Waals surface area contributed by atoms with Crippen LogP contribution in [-0.4, -0.2) is 26.3 Å². The highest BCUT2D eigenvalue weighted by Crippen LogP contribution is 2.20. The Morgan fingerprint density at radius 3 is 2.68 bits per heavy atom. The highest BCUT2D eigenvalue weighted by Gasteiger charge is 2.17. The summed E-state index contributed by atoms with van der Waals surface area (Å²) >= 11 is 11.7. The zero-order chi connectivity index (χ0) is 14.5. The largest absolute Gasteiger partial charge is 0.279 e. The molecule has 1 aromatic carbocycles. The first-order chi connectivity index (χ1) is 8.86. The lowest BCUT2D eigenvalue weighted by atomic mass is 10.2. The van der Waals surface area contributed by atoms with Crippen LogP contribution in [0.2, 0.25) is 10.0 Å². The van der Waals surface area contributed by atoms with E-state index in [1.165, 1.54) is 7.05 Å². The van der Waals surface area contributed by atoms with Crippen LogP contribution in [0.15, 0.2) is 18.2 Å². The summed E-state index contributed by atoms with van der Waals surface area (Å²) in [4.78, 5) is 0. The molecule has 0 saturated heterocycles. The summed E-state index contributed by atoms with van der Waals surface area (Å²) in [7, 11) is -2.21. The summed E-state index contributed by atoms with van der Waals surface area (Å²) in [5, 5.41) is 9.32. The maximum atomic E-state index is 11.8. The zero-order valence-electron chi connectivity index (χ0n) is 10.2. The fourth-order valence-electron chi connectivity index (χ4n) is 1.27. The minimum Gasteiger partial charge on any atom is -0.198 e. The number of nitriles is 1. The lowest BCUT2D eigenvalue weighted by Crippen LogP contribution is -2.38. The Labute approximate surface area is 122 Å².